The molecule has 5 heteroatoms. The third-order valence-electron chi connectivity index (χ3n) is 3.45. The van der Waals surface area contributed by atoms with Crippen LogP contribution in [-0.4, -0.2) is 23.8 Å². The molecule has 2 rings (SSSR count). The van der Waals surface area contributed by atoms with E-state index in [2.05, 4.69) is 0 Å². The number of hydrogen-bond acceptors (Lipinski definition) is 3. The number of hydrogen-bond donors (Lipinski definition) is 1. The van der Waals surface area contributed by atoms with Gasteiger partial charge in [-0.15, -0.1) is 0 Å². The maximum Gasteiger partial charge on any atom is 0.332 e. The molecule has 0 aliphatic heterocycles. The summed E-state index contributed by atoms with van der Waals surface area (Å²) in [7, 11) is 1.54. The van der Waals surface area contributed by atoms with Crippen molar-refractivity contribution in [1.82, 2.24) is 0 Å². The normalized spacial score (nSPS) is 17.1. The van der Waals surface area contributed by atoms with Crippen LogP contribution in [0.2, 0.25) is 5.02 Å². The Labute approximate surface area is 113 Å². The van der Waals surface area contributed by atoms with Crippen LogP contribution in [0.5, 0.6) is 0 Å². The van der Waals surface area contributed by atoms with E-state index in [0.717, 1.165) is 12.8 Å². The molecule has 0 unspecified atom stereocenters. The van der Waals surface area contributed by atoms with Gasteiger partial charge in [-0.1, -0.05) is 17.7 Å². The second-order valence-corrected chi connectivity index (χ2v) is 5.53. The number of aliphatic hydroxyl groups is 1. The molecule has 1 aromatic carbocycles. The molecule has 0 atom stereocenters. The molecule has 1 N–H and O–H groups in total. The third kappa shape index (κ3) is 2.54. The Morgan fingerprint density at radius 1 is 1.50 bits per heavy atom. The van der Waals surface area contributed by atoms with E-state index in [1.165, 1.54) is 0 Å². The van der Waals surface area contributed by atoms with Gasteiger partial charge in [0, 0.05) is 5.02 Å². The second-order valence-electron chi connectivity index (χ2n) is 5.13. The summed E-state index contributed by atoms with van der Waals surface area (Å²) in [4.78, 5) is 0. The van der Waals surface area contributed by atoms with Crippen LogP contribution in [0, 0.1) is 11.3 Å². The molecule has 1 radical (unpaired) electrons. The number of nitriles is 1. The van der Waals surface area contributed by atoms with E-state index in [1.54, 1.807) is 25.7 Å². The number of rotatable bonds is 4. The molecule has 0 spiro atoms. The van der Waals surface area contributed by atoms with E-state index >= 15 is 0 Å². The molecule has 1 fully saturated rings. The van der Waals surface area contributed by atoms with Crippen molar-refractivity contribution in [2.75, 3.05) is 0 Å². The number of benzene rings is 1. The first-order valence-electron chi connectivity index (χ1n) is 5.81. The summed E-state index contributed by atoms with van der Waals surface area (Å²) in [6.45, 7) is 3.71. The van der Waals surface area contributed by atoms with Crippen LogP contribution in [0.25, 0.3) is 0 Å². The van der Waals surface area contributed by atoms with Gasteiger partial charge in [0.1, 0.15) is 0 Å². The molecule has 0 amide bonds. The van der Waals surface area contributed by atoms with Gasteiger partial charge >= 0.3 is 7.48 Å². The Hall–Kier alpha value is -1.02. The molecule has 1 aromatic rings. The molecule has 3 nitrogen and oxygen atoms in total. The van der Waals surface area contributed by atoms with Gasteiger partial charge in [-0.25, -0.2) is 0 Å². The SMILES string of the molecule is CC(C)(O[B]c1ccc(C#N)cc1Cl)C1(O)CC1. The highest BCUT2D eigenvalue weighted by molar-refractivity contribution is 6.53. The van der Waals surface area contributed by atoms with Gasteiger partial charge in [0.25, 0.3) is 0 Å². The quantitative estimate of drug-likeness (QED) is 0.842. The van der Waals surface area contributed by atoms with Gasteiger partial charge in [-0.05, 0) is 44.3 Å². The molecular weight excluding hydrogens is 248 g/mol. The fourth-order valence-electron chi connectivity index (χ4n) is 1.73. The summed E-state index contributed by atoms with van der Waals surface area (Å²) < 4.78 is 5.65. The Morgan fingerprint density at radius 2 is 2.17 bits per heavy atom. The molecule has 1 aliphatic carbocycles. The zero-order valence-electron chi connectivity index (χ0n) is 10.4. The molecule has 93 valence electrons. The lowest BCUT2D eigenvalue weighted by Gasteiger charge is -2.31. The van der Waals surface area contributed by atoms with Crippen LogP contribution in [0.3, 0.4) is 0 Å². The highest BCUT2D eigenvalue weighted by Crippen LogP contribution is 2.46. The fraction of sp³-hybridized carbons (Fsp3) is 0.462. The molecule has 1 aliphatic rings. The van der Waals surface area contributed by atoms with Gasteiger partial charge in [0.2, 0.25) is 0 Å². The van der Waals surface area contributed by atoms with Crippen LogP contribution in [0.15, 0.2) is 18.2 Å². The molecule has 0 saturated heterocycles. The summed E-state index contributed by atoms with van der Waals surface area (Å²) >= 11 is 6.04. The summed E-state index contributed by atoms with van der Waals surface area (Å²) in [5.41, 5.74) is -0.155. The van der Waals surface area contributed by atoms with Gasteiger partial charge in [-0.2, -0.15) is 5.26 Å². The first-order valence-corrected chi connectivity index (χ1v) is 6.19. The summed E-state index contributed by atoms with van der Waals surface area (Å²) in [5, 5.41) is 19.3. The largest absolute Gasteiger partial charge is 0.427 e. The average Bonchev–Trinajstić information content (AvgIpc) is 3.07. The first-order chi connectivity index (χ1) is 8.38. The highest BCUT2D eigenvalue weighted by Gasteiger charge is 2.53. The lowest BCUT2D eigenvalue weighted by Crippen LogP contribution is -2.44. The van der Waals surface area contributed by atoms with Crippen LogP contribution in [0.1, 0.15) is 32.3 Å². The first kappa shape index (κ1) is 13.4. The van der Waals surface area contributed by atoms with Crippen molar-refractivity contribution < 1.29 is 9.76 Å². The maximum atomic E-state index is 10.1. The predicted molar refractivity (Wildman–Crippen MR) is 70.9 cm³/mol. The maximum absolute atomic E-state index is 10.1. The lowest BCUT2D eigenvalue weighted by atomic mass is 9.84. The summed E-state index contributed by atoms with van der Waals surface area (Å²) in [6.07, 6.45) is 1.52. The molecule has 1 saturated carbocycles. The van der Waals surface area contributed by atoms with Crippen molar-refractivity contribution in [1.29, 1.82) is 5.26 Å². The van der Waals surface area contributed by atoms with Crippen LogP contribution < -0.4 is 5.46 Å². The minimum atomic E-state index is -0.734. The molecule has 18 heavy (non-hydrogen) atoms. The van der Waals surface area contributed by atoms with Gasteiger partial charge in [0.05, 0.1) is 22.8 Å². The number of nitrogens with zero attached hydrogens (tertiary/aromatic N) is 1. The standard InChI is InChI=1S/C13H14BClNO2/c1-12(2,13(17)5-6-13)18-14-10-4-3-9(8-16)7-11(10)15/h3-4,7,17H,5-6H2,1-2H3. The van der Waals surface area contributed by atoms with E-state index in [0.29, 0.717) is 16.0 Å². The van der Waals surface area contributed by atoms with E-state index in [4.69, 9.17) is 21.5 Å². The van der Waals surface area contributed by atoms with Crippen LogP contribution in [-0.2, 0) is 4.65 Å². The van der Waals surface area contributed by atoms with Crippen molar-refractivity contribution >= 4 is 24.5 Å². The topological polar surface area (TPSA) is 53.2 Å². The molecule has 0 bridgehead atoms. The van der Waals surface area contributed by atoms with E-state index in [-0.39, 0.29) is 0 Å². The molecule has 0 heterocycles. The van der Waals surface area contributed by atoms with E-state index < -0.39 is 11.2 Å². The van der Waals surface area contributed by atoms with Crippen LogP contribution in [0.4, 0.5) is 0 Å². The monoisotopic (exact) mass is 262 g/mol. The summed E-state index contributed by atoms with van der Waals surface area (Å²) in [6, 6.07) is 7.03. The highest BCUT2D eigenvalue weighted by atomic mass is 35.5. The Kier molecular flexibility index (Phi) is 3.42. The van der Waals surface area contributed by atoms with Crippen molar-refractivity contribution in [3.63, 3.8) is 0 Å². The van der Waals surface area contributed by atoms with Gasteiger partial charge in [0.15, 0.2) is 0 Å². The predicted octanol–water partition coefficient (Wildman–Crippen LogP) is 1.78. The van der Waals surface area contributed by atoms with Crippen molar-refractivity contribution in [3.05, 3.63) is 28.8 Å². The zero-order chi connectivity index (χ0) is 13.4. The fourth-order valence-corrected chi connectivity index (χ4v) is 1.96. The van der Waals surface area contributed by atoms with Crippen molar-refractivity contribution in [3.8, 4) is 6.07 Å². The van der Waals surface area contributed by atoms with Crippen molar-refractivity contribution in [2.24, 2.45) is 0 Å². The van der Waals surface area contributed by atoms with E-state index in [1.807, 2.05) is 19.9 Å². The van der Waals surface area contributed by atoms with Crippen molar-refractivity contribution in [2.45, 2.75) is 37.9 Å². The van der Waals surface area contributed by atoms with Crippen LogP contribution >= 0.6 is 11.6 Å². The Balaban J connectivity index is 2.05. The third-order valence-corrected chi connectivity index (χ3v) is 3.78. The summed E-state index contributed by atoms with van der Waals surface area (Å²) in [5.74, 6) is 0. The second kappa shape index (κ2) is 4.58. The van der Waals surface area contributed by atoms with E-state index in [9.17, 15) is 5.11 Å². The smallest absolute Gasteiger partial charge is 0.332 e. The Morgan fingerprint density at radius 3 is 2.67 bits per heavy atom. The lowest BCUT2D eigenvalue weighted by molar-refractivity contribution is -0.0451. The molecule has 0 aromatic heterocycles. The minimum absolute atomic E-state index is 0.465. The number of halogens is 1. The zero-order valence-corrected chi connectivity index (χ0v) is 11.2. The average molecular weight is 263 g/mol. The molecular formula is C13H14BClNO2. The minimum Gasteiger partial charge on any atom is -0.427 e. The van der Waals surface area contributed by atoms with Gasteiger partial charge in [-0.3, -0.25) is 0 Å². The Bertz CT molecular complexity index is 506. The van der Waals surface area contributed by atoms with Gasteiger partial charge < -0.3 is 9.76 Å².